The van der Waals surface area contributed by atoms with Crippen LogP contribution < -0.4 is 10.6 Å². The van der Waals surface area contributed by atoms with Gasteiger partial charge in [-0.3, -0.25) is 14.4 Å². The SMILES string of the molecule is Cc1cccc(C(=O)NCC2CCC(C(=O)N[C@H](CN=[N+]=[N-])CC(=O)O)CC2)c1O. The number of phenols is 1. The molecule has 10 heteroatoms. The molecule has 1 aromatic rings. The number of carboxylic acid groups (broad SMARTS) is 1. The Balaban J connectivity index is 1.80. The number of azide groups is 1. The fraction of sp³-hybridized carbons (Fsp3) is 0.550. The zero-order valence-electron chi connectivity index (χ0n) is 16.9. The molecule has 162 valence electrons. The van der Waals surface area contributed by atoms with Crippen LogP contribution in [0.4, 0.5) is 0 Å². The number of rotatable bonds is 9. The number of aromatic hydroxyl groups is 1. The number of hydrogen-bond donors (Lipinski definition) is 4. The Morgan fingerprint density at radius 3 is 2.60 bits per heavy atom. The van der Waals surface area contributed by atoms with E-state index in [1.807, 2.05) is 0 Å². The third kappa shape index (κ3) is 6.66. The monoisotopic (exact) mass is 417 g/mol. The van der Waals surface area contributed by atoms with Crippen LogP contribution in [0, 0.1) is 18.8 Å². The quantitative estimate of drug-likeness (QED) is 0.275. The third-order valence-corrected chi connectivity index (χ3v) is 5.38. The number of aliphatic carboxylic acids is 1. The minimum absolute atomic E-state index is 0.0213. The molecule has 1 saturated carbocycles. The molecule has 1 aliphatic carbocycles. The van der Waals surface area contributed by atoms with Crippen molar-refractivity contribution in [2.45, 2.75) is 45.1 Å². The number of hydrogen-bond acceptors (Lipinski definition) is 5. The van der Waals surface area contributed by atoms with E-state index in [1.54, 1.807) is 25.1 Å². The lowest BCUT2D eigenvalue weighted by Gasteiger charge is -2.29. The van der Waals surface area contributed by atoms with E-state index in [1.165, 1.54) is 0 Å². The van der Waals surface area contributed by atoms with Gasteiger partial charge in [0.15, 0.2) is 0 Å². The number of phenolic OH excluding ortho intramolecular Hbond substituents is 1. The zero-order chi connectivity index (χ0) is 22.1. The Hall–Kier alpha value is -3.26. The van der Waals surface area contributed by atoms with E-state index in [0.29, 0.717) is 24.9 Å². The highest BCUT2D eigenvalue weighted by molar-refractivity contribution is 5.97. The molecule has 30 heavy (non-hydrogen) atoms. The lowest BCUT2D eigenvalue weighted by Crippen LogP contribution is -2.43. The van der Waals surface area contributed by atoms with Crippen LogP contribution in [-0.2, 0) is 9.59 Å². The Kier molecular flexibility index (Phi) is 8.49. The molecule has 0 radical (unpaired) electrons. The van der Waals surface area contributed by atoms with Crippen molar-refractivity contribution in [3.63, 3.8) is 0 Å². The van der Waals surface area contributed by atoms with Gasteiger partial charge in [0.25, 0.3) is 5.91 Å². The molecule has 2 amide bonds. The second-order valence-corrected chi connectivity index (χ2v) is 7.62. The summed E-state index contributed by atoms with van der Waals surface area (Å²) in [5.41, 5.74) is 9.28. The fourth-order valence-electron chi connectivity index (χ4n) is 3.63. The maximum atomic E-state index is 12.4. The molecule has 0 heterocycles. The van der Waals surface area contributed by atoms with E-state index in [0.717, 1.165) is 12.8 Å². The van der Waals surface area contributed by atoms with Crippen LogP contribution in [0.15, 0.2) is 23.3 Å². The predicted octanol–water partition coefficient (Wildman–Crippen LogP) is 2.51. The average molecular weight is 417 g/mol. The van der Waals surface area contributed by atoms with Gasteiger partial charge in [0.2, 0.25) is 5.91 Å². The third-order valence-electron chi connectivity index (χ3n) is 5.38. The molecule has 1 atom stereocenters. The maximum absolute atomic E-state index is 12.4. The topological polar surface area (TPSA) is 164 Å². The lowest BCUT2D eigenvalue weighted by atomic mass is 9.81. The van der Waals surface area contributed by atoms with Crippen molar-refractivity contribution in [3.8, 4) is 5.75 Å². The molecule has 1 aliphatic rings. The van der Waals surface area contributed by atoms with Gasteiger partial charge >= 0.3 is 5.97 Å². The van der Waals surface area contributed by atoms with Gasteiger partial charge in [-0.05, 0) is 55.7 Å². The van der Waals surface area contributed by atoms with E-state index >= 15 is 0 Å². The van der Waals surface area contributed by atoms with Gasteiger partial charge in [-0.2, -0.15) is 0 Å². The van der Waals surface area contributed by atoms with Gasteiger partial charge in [0, 0.05) is 30.0 Å². The van der Waals surface area contributed by atoms with Crippen molar-refractivity contribution in [3.05, 3.63) is 39.8 Å². The zero-order valence-corrected chi connectivity index (χ0v) is 16.9. The summed E-state index contributed by atoms with van der Waals surface area (Å²) < 4.78 is 0. The molecular weight excluding hydrogens is 390 g/mol. The lowest BCUT2D eigenvalue weighted by molar-refractivity contribution is -0.137. The minimum Gasteiger partial charge on any atom is -0.507 e. The van der Waals surface area contributed by atoms with Crippen LogP contribution in [0.5, 0.6) is 5.75 Å². The molecule has 10 nitrogen and oxygen atoms in total. The highest BCUT2D eigenvalue weighted by atomic mass is 16.4. The first-order valence-electron chi connectivity index (χ1n) is 9.91. The van der Waals surface area contributed by atoms with Gasteiger partial charge in [-0.15, -0.1) is 0 Å². The van der Waals surface area contributed by atoms with E-state index in [9.17, 15) is 19.5 Å². The van der Waals surface area contributed by atoms with Gasteiger partial charge in [-0.1, -0.05) is 17.2 Å². The molecule has 4 N–H and O–H groups in total. The summed E-state index contributed by atoms with van der Waals surface area (Å²) in [7, 11) is 0. The minimum atomic E-state index is -1.08. The molecular formula is C20H27N5O5. The highest BCUT2D eigenvalue weighted by Crippen LogP contribution is 2.29. The Morgan fingerprint density at radius 2 is 1.97 bits per heavy atom. The smallest absolute Gasteiger partial charge is 0.305 e. The largest absolute Gasteiger partial charge is 0.507 e. The first kappa shape index (κ1) is 23.0. The van der Waals surface area contributed by atoms with Gasteiger partial charge in [-0.25, -0.2) is 0 Å². The summed E-state index contributed by atoms with van der Waals surface area (Å²) in [5, 5.41) is 27.8. The van der Waals surface area contributed by atoms with E-state index in [4.69, 9.17) is 10.6 Å². The molecule has 0 spiro atoms. The van der Waals surface area contributed by atoms with Crippen molar-refractivity contribution in [1.29, 1.82) is 0 Å². The average Bonchev–Trinajstić information content (AvgIpc) is 2.72. The van der Waals surface area contributed by atoms with Crippen LogP contribution in [0.25, 0.3) is 10.4 Å². The summed E-state index contributed by atoms with van der Waals surface area (Å²) in [6.45, 7) is 2.08. The molecule has 0 bridgehead atoms. The Labute approximate surface area is 174 Å². The van der Waals surface area contributed by atoms with Crippen molar-refractivity contribution < 1.29 is 24.6 Å². The van der Waals surface area contributed by atoms with Crippen molar-refractivity contribution in [2.75, 3.05) is 13.1 Å². The molecule has 0 aliphatic heterocycles. The Morgan fingerprint density at radius 1 is 1.27 bits per heavy atom. The van der Waals surface area contributed by atoms with Crippen LogP contribution in [0.1, 0.15) is 48.0 Å². The van der Waals surface area contributed by atoms with Crippen LogP contribution >= 0.6 is 0 Å². The number of carbonyl (C=O) groups is 3. The first-order valence-corrected chi connectivity index (χ1v) is 9.91. The summed E-state index contributed by atoms with van der Waals surface area (Å²) in [6, 6.07) is 4.28. The number of carbonyl (C=O) groups excluding carboxylic acids is 2. The summed E-state index contributed by atoms with van der Waals surface area (Å²) in [4.78, 5) is 38.3. The van der Waals surface area contributed by atoms with Crippen molar-refractivity contribution in [2.24, 2.45) is 17.0 Å². The molecule has 1 fully saturated rings. The van der Waals surface area contributed by atoms with Crippen molar-refractivity contribution >= 4 is 17.8 Å². The fourth-order valence-corrected chi connectivity index (χ4v) is 3.63. The standard InChI is InChI=1S/C20H27N5O5/c1-12-3-2-4-16(18(12)28)20(30)22-10-13-5-7-14(8-6-13)19(29)24-15(9-17(26)27)11-23-25-21/h2-4,13-15,28H,5-11H2,1H3,(H,22,30)(H,24,29)(H,26,27)/t13?,14?,15-/m0/s1. The number of benzene rings is 1. The number of nitrogens with zero attached hydrogens (tertiary/aromatic N) is 3. The van der Waals surface area contributed by atoms with Crippen LogP contribution in [0.3, 0.4) is 0 Å². The molecule has 1 aromatic carbocycles. The van der Waals surface area contributed by atoms with Gasteiger partial charge < -0.3 is 20.8 Å². The number of aryl methyl sites for hydroxylation is 1. The normalized spacial score (nSPS) is 19.2. The first-order chi connectivity index (χ1) is 14.3. The summed E-state index contributed by atoms with van der Waals surface area (Å²) in [6.07, 6.45) is 2.45. The maximum Gasteiger partial charge on any atom is 0.305 e. The summed E-state index contributed by atoms with van der Waals surface area (Å²) in [5.74, 6) is -1.67. The Bertz CT molecular complexity index is 825. The van der Waals surface area contributed by atoms with E-state index in [-0.39, 0.29) is 47.9 Å². The second kappa shape index (κ2) is 11.1. The molecule has 0 aromatic heterocycles. The van der Waals surface area contributed by atoms with E-state index < -0.39 is 12.0 Å². The van der Waals surface area contributed by atoms with Gasteiger partial charge in [0.1, 0.15) is 5.75 Å². The highest BCUT2D eigenvalue weighted by Gasteiger charge is 2.28. The molecule has 2 rings (SSSR count). The van der Waals surface area contributed by atoms with Crippen LogP contribution in [0.2, 0.25) is 0 Å². The second-order valence-electron chi connectivity index (χ2n) is 7.62. The van der Waals surface area contributed by atoms with Crippen LogP contribution in [-0.4, -0.2) is 47.1 Å². The number of amides is 2. The summed E-state index contributed by atoms with van der Waals surface area (Å²) >= 11 is 0. The number of carboxylic acids is 1. The van der Waals surface area contributed by atoms with Gasteiger partial charge in [0.05, 0.1) is 12.0 Å². The molecule has 0 unspecified atom stereocenters. The predicted molar refractivity (Wildman–Crippen MR) is 109 cm³/mol. The van der Waals surface area contributed by atoms with E-state index in [2.05, 4.69) is 20.7 Å². The van der Waals surface area contributed by atoms with Crippen molar-refractivity contribution in [1.82, 2.24) is 10.6 Å². The number of nitrogens with one attached hydrogen (secondary N) is 2. The number of para-hydroxylation sites is 1. The molecule has 0 saturated heterocycles.